The Morgan fingerprint density at radius 1 is 1.07 bits per heavy atom. The van der Waals surface area contributed by atoms with Crippen LogP contribution in [0.4, 0.5) is 0 Å². The maximum Gasteiger partial charge on any atom is 0.109 e. The molecule has 0 radical (unpaired) electrons. The van der Waals surface area contributed by atoms with Gasteiger partial charge < -0.3 is 9.80 Å². The molecule has 0 saturated heterocycles. The van der Waals surface area contributed by atoms with Gasteiger partial charge in [0.05, 0.1) is 0 Å². The van der Waals surface area contributed by atoms with Gasteiger partial charge in [-0.2, -0.15) is 0 Å². The number of hydrogen-bond acceptors (Lipinski definition) is 4. The van der Waals surface area contributed by atoms with Crippen LogP contribution in [0.3, 0.4) is 0 Å². The lowest BCUT2D eigenvalue weighted by atomic mass is 10.5. The highest BCUT2D eigenvalue weighted by atomic mass is 15.2. The van der Waals surface area contributed by atoms with Gasteiger partial charge in [-0.1, -0.05) is 0 Å². The van der Waals surface area contributed by atoms with E-state index >= 15 is 0 Å². The molecule has 0 aromatic carbocycles. The third kappa shape index (κ3) is 5.00. The SMILES string of the molecule is CCN1C=CC=NC1.CN1C=CC=NC1. The zero-order valence-corrected chi connectivity index (χ0v) is 9.37. The van der Waals surface area contributed by atoms with E-state index in [2.05, 4.69) is 21.8 Å². The zero-order chi connectivity index (χ0) is 10.9. The second-order valence-electron chi connectivity index (χ2n) is 3.29. The van der Waals surface area contributed by atoms with E-state index in [1.807, 2.05) is 42.7 Å². The Morgan fingerprint density at radius 2 is 1.73 bits per heavy atom. The maximum atomic E-state index is 4.04. The summed E-state index contributed by atoms with van der Waals surface area (Å²) in [5.74, 6) is 0. The number of aliphatic imine (C=N–C) groups is 2. The van der Waals surface area contributed by atoms with Crippen LogP contribution in [0, 0.1) is 0 Å². The molecule has 2 aliphatic heterocycles. The summed E-state index contributed by atoms with van der Waals surface area (Å²) in [6.07, 6.45) is 11.5. The first-order valence-electron chi connectivity index (χ1n) is 5.10. The minimum atomic E-state index is 0.802. The molecule has 2 aliphatic rings. The van der Waals surface area contributed by atoms with Crippen molar-refractivity contribution in [3.05, 3.63) is 24.6 Å². The van der Waals surface area contributed by atoms with E-state index in [9.17, 15) is 0 Å². The second-order valence-corrected chi connectivity index (χ2v) is 3.29. The summed E-state index contributed by atoms with van der Waals surface area (Å²) in [5.41, 5.74) is 0. The summed E-state index contributed by atoms with van der Waals surface area (Å²) in [7, 11) is 1.99. The van der Waals surface area contributed by atoms with Crippen molar-refractivity contribution in [1.82, 2.24) is 9.80 Å². The number of rotatable bonds is 1. The second kappa shape index (κ2) is 6.81. The highest BCUT2D eigenvalue weighted by Gasteiger charge is 1.92. The van der Waals surface area contributed by atoms with E-state index in [0.717, 1.165) is 19.9 Å². The first-order valence-corrected chi connectivity index (χ1v) is 5.10. The van der Waals surface area contributed by atoms with Crippen molar-refractivity contribution < 1.29 is 0 Å². The molecule has 2 rings (SSSR count). The molecule has 0 aromatic rings. The Kier molecular flexibility index (Phi) is 5.22. The first-order chi connectivity index (χ1) is 7.33. The summed E-state index contributed by atoms with van der Waals surface area (Å²) < 4.78 is 0. The standard InChI is InChI=1S/C6H10N2.C5H8N2/c1-2-8-5-3-4-7-6-8;1-7-4-2-3-6-5-7/h3-5H,2,6H2,1H3;2-4H,5H2,1H3. The molecule has 0 unspecified atom stereocenters. The van der Waals surface area contributed by atoms with Crippen LogP contribution in [0.5, 0.6) is 0 Å². The molecule has 15 heavy (non-hydrogen) atoms. The third-order valence-corrected chi connectivity index (χ3v) is 1.99. The van der Waals surface area contributed by atoms with Crippen molar-refractivity contribution in [2.75, 3.05) is 26.9 Å². The lowest BCUT2D eigenvalue weighted by Gasteiger charge is -2.16. The summed E-state index contributed by atoms with van der Waals surface area (Å²) in [6, 6.07) is 0. The summed E-state index contributed by atoms with van der Waals surface area (Å²) >= 11 is 0. The minimum absolute atomic E-state index is 0.802. The quantitative estimate of drug-likeness (QED) is 0.648. The van der Waals surface area contributed by atoms with Crippen LogP contribution in [0.25, 0.3) is 0 Å². The summed E-state index contributed by atoms with van der Waals surface area (Å²) in [6.45, 7) is 4.79. The molecule has 0 fully saturated rings. The van der Waals surface area contributed by atoms with Crippen molar-refractivity contribution in [1.29, 1.82) is 0 Å². The van der Waals surface area contributed by atoms with Crippen LogP contribution in [-0.2, 0) is 0 Å². The minimum Gasteiger partial charge on any atom is -0.361 e. The van der Waals surface area contributed by atoms with Gasteiger partial charge in [0.15, 0.2) is 0 Å². The van der Waals surface area contributed by atoms with Gasteiger partial charge in [-0.05, 0) is 19.1 Å². The van der Waals surface area contributed by atoms with Gasteiger partial charge in [0.1, 0.15) is 13.3 Å². The lowest BCUT2D eigenvalue weighted by Crippen LogP contribution is -2.18. The fraction of sp³-hybridized carbons (Fsp3) is 0.455. The molecule has 0 amide bonds. The van der Waals surface area contributed by atoms with Crippen LogP contribution in [-0.4, -0.2) is 49.2 Å². The topological polar surface area (TPSA) is 31.2 Å². The van der Waals surface area contributed by atoms with E-state index in [1.165, 1.54) is 0 Å². The van der Waals surface area contributed by atoms with E-state index in [1.54, 1.807) is 6.21 Å². The molecule has 4 heteroatoms. The van der Waals surface area contributed by atoms with Crippen LogP contribution < -0.4 is 0 Å². The molecule has 0 saturated carbocycles. The highest BCUT2D eigenvalue weighted by Crippen LogP contribution is 1.92. The van der Waals surface area contributed by atoms with Gasteiger partial charge >= 0.3 is 0 Å². The number of hydrogen-bond donors (Lipinski definition) is 0. The van der Waals surface area contributed by atoms with Gasteiger partial charge in [-0.25, -0.2) is 0 Å². The fourth-order valence-corrected chi connectivity index (χ4v) is 1.09. The summed E-state index contributed by atoms with van der Waals surface area (Å²) in [5, 5.41) is 0. The molecule has 2 heterocycles. The molecule has 0 aliphatic carbocycles. The Labute approximate surface area is 91.3 Å². The average Bonchev–Trinajstić information content (AvgIpc) is 2.32. The van der Waals surface area contributed by atoms with Crippen LogP contribution in [0.1, 0.15) is 6.92 Å². The number of allylic oxidation sites excluding steroid dienone is 2. The van der Waals surface area contributed by atoms with Gasteiger partial charge in [-0.15, -0.1) is 0 Å². The highest BCUT2D eigenvalue weighted by molar-refractivity contribution is 5.71. The molecular weight excluding hydrogens is 188 g/mol. The number of nitrogens with zero attached hydrogens (tertiary/aromatic N) is 4. The fourth-order valence-electron chi connectivity index (χ4n) is 1.09. The van der Waals surface area contributed by atoms with E-state index < -0.39 is 0 Å². The third-order valence-electron chi connectivity index (χ3n) is 1.99. The molecule has 0 atom stereocenters. The van der Waals surface area contributed by atoms with E-state index in [0.29, 0.717) is 0 Å². The van der Waals surface area contributed by atoms with Gasteiger partial charge in [0.25, 0.3) is 0 Å². The summed E-state index contributed by atoms with van der Waals surface area (Å²) in [4.78, 5) is 12.2. The van der Waals surface area contributed by atoms with Crippen molar-refractivity contribution >= 4 is 12.4 Å². The van der Waals surface area contributed by atoms with E-state index in [4.69, 9.17) is 0 Å². The molecule has 0 N–H and O–H groups in total. The molecule has 4 nitrogen and oxygen atoms in total. The van der Waals surface area contributed by atoms with Crippen molar-refractivity contribution in [2.45, 2.75) is 6.92 Å². The molecule has 0 bridgehead atoms. The molecule has 0 spiro atoms. The van der Waals surface area contributed by atoms with Crippen molar-refractivity contribution in [3.8, 4) is 0 Å². The largest absolute Gasteiger partial charge is 0.361 e. The van der Waals surface area contributed by atoms with Gasteiger partial charge in [-0.3, -0.25) is 9.98 Å². The average molecular weight is 206 g/mol. The molecule has 0 aromatic heterocycles. The van der Waals surface area contributed by atoms with Crippen molar-refractivity contribution in [3.63, 3.8) is 0 Å². The predicted octanol–water partition coefficient (Wildman–Crippen LogP) is 1.34. The predicted molar refractivity (Wildman–Crippen MR) is 65.1 cm³/mol. The van der Waals surface area contributed by atoms with E-state index in [-0.39, 0.29) is 0 Å². The van der Waals surface area contributed by atoms with Crippen LogP contribution in [0.15, 0.2) is 34.5 Å². The maximum absolute atomic E-state index is 4.04. The van der Waals surface area contributed by atoms with Gasteiger partial charge in [0.2, 0.25) is 0 Å². The zero-order valence-electron chi connectivity index (χ0n) is 9.37. The van der Waals surface area contributed by atoms with Crippen LogP contribution >= 0.6 is 0 Å². The smallest absolute Gasteiger partial charge is 0.109 e. The lowest BCUT2D eigenvalue weighted by molar-refractivity contribution is 0.408. The van der Waals surface area contributed by atoms with Crippen molar-refractivity contribution in [2.24, 2.45) is 9.98 Å². The van der Waals surface area contributed by atoms with Gasteiger partial charge in [0, 0.05) is 38.4 Å². The molecule has 82 valence electrons. The first kappa shape index (κ1) is 11.5. The Morgan fingerprint density at radius 3 is 2.00 bits per heavy atom. The Hall–Kier alpha value is -1.58. The Bertz CT molecular complexity index is 278. The van der Waals surface area contributed by atoms with Crippen LogP contribution in [0.2, 0.25) is 0 Å². The normalized spacial score (nSPS) is 17.7. The molecular formula is C11H18N4. The monoisotopic (exact) mass is 206 g/mol. The Balaban J connectivity index is 0.000000151.